The van der Waals surface area contributed by atoms with Gasteiger partial charge in [-0.1, -0.05) is 30.8 Å². The minimum absolute atomic E-state index is 0.118. The van der Waals surface area contributed by atoms with Crippen molar-refractivity contribution in [2.24, 2.45) is 10.1 Å². The number of carbonyl (C=O) groups excluding carboxylic acids is 1. The fourth-order valence-electron chi connectivity index (χ4n) is 2.49. The molecule has 0 saturated heterocycles. The predicted molar refractivity (Wildman–Crippen MR) is 112 cm³/mol. The molecule has 3 N–H and O–H groups in total. The smallest absolute Gasteiger partial charge is 0.271 e. The number of hydrogen-bond donors (Lipinski definition) is 3. The van der Waals surface area contributed by atoms with Crippen molar-refractivity contribution in [3.05, 3.63) is 59.7 Å². The summed E-state index contributed by atoms with van der Waals surface area (Å²) >= 11 is 1.78. The van der Waals surface area contributed by atoms with Crippen LogP contribution in [0.25, 0.3) is 0 Å². The van der Waals surface area contributed by atoms with E-state index in [1.54, 1.807) is 23.9 Å². The summed E-state index contributed by atoms with van der Waals surface area (Å²) in [6.07, 6.45) is 1.11. The summed E-state index contributed by atoms with van der Waals surface area (Å²) in [5.41, 5.74) is 5.56. The number of hydrogen-bond acceptors (Lipinski definition) is 6. The summed E-state index contributed by atoms with van der Waals surface area (Å²) in [6, 6.07) is 13.9. The molecule has 140 valence electrons. The van der Waals surface area contributed by atoms with E-state index in [4.69, 9.17) is 0 Å². The van der Waals surface area contributed by atoms with E-state index in [0.29, 0.717) is 16.5 Å². The lowest BCUT2D eigenvalue weighted by Crippen LogP contribution is -2.19. The van der Waals surface area contributed by atoms with Crippen LogP contribution in [0.4, 0.5) is 5.69 Å². The Kier molecular flexibility index (Phi) is 6.13. The average Bonchev–Trinajstić information content (AvgIpc) is 3.14. The second-order valence-corrected chi connectivity index (χ2v) is 7.47. The number of anilines is 1. The van der Waals surface area contributed by atoms with Crippen LogP contribution >= 0.6 is 11.8 Å². The normalized spacial score (nSPS) is 16.7. The molecule has 1 amide bonds. The number of aliphatic imine (C=N–C) groups is 1. The van der Waals surface area contributed by atoms with Crippen molar-refractivity contribution in [3.63, 3.8) is 0 Å². The molecule has 0 radical (unpaired) electrons. The molecular formula is C20H22N4O2S. The number of hydrazone groups is 1. The molecule has 0 aromatic heterocycles. The fourth-order valence-corrected chi connectivity index (χ4v) is 3.45. The molecule has 27 heavy (non-hydrogen) atoms. The van der Waals surface area contributed by atoms with Gasteiger partial charge >= 0.3 is 0 Å². The van der Waals surface area contributed by atoms with Crippen LogP contribution in [0.2, 0.25) is 0 Å². The highest BCUT2D eigenvalue weighted by Gasteiger charge is 2.17. The van der Waals surface area contributed by atoms with Crippen molar-refractivity contribution in [1.29, 1.82) is 0 Å². The van der Waals surface area contributed by atoms with Gasteiger partial charge in [0, 0.05) is 16.5 Å². The molecule has 2 aromatic carbocycles. The van der Waals surface area contributed by atoms with Crippen molar-refractivity contribution >= 4 is 34.2 Å². The molecule has 0 aliphatic carbocycles. The standard InChI is InChI=1S/C20H22N4O2S/c1-3-18-12-21-20(27-18)22-16-8-4-14(5-9-16)13(2)23-24-19(26)15-6-10-17(25)11-7-15/h4-11,18,25H,3,12H2,1-2H3,(H,21,22)(H,24,26)/b23-13-/t18-/m0/s1. The van der Waals surface area contributed by atoms with Crippen molar-refractivity contribution < 1.29 is 9.90 Å². The zero-order valence-electron chi connectivity index (χ0n) is 15.3. The summed E-state index contributed by atoms with van der Waals surface area (Å²) in [6.45, 7) is 4.88. The minimum Gasteiger partial charge on any atom is -0.508 e. The van der Waals surface area contributed by atoms with Crippen LogP contribution in [0.3, 0.4) is 0 Å². The van der Waals surface area contributed by atoms with E-state index < -0.39 is 0 Å². The van der Waals surface area contributed by atoms with Gasteiger partial charge < -0.3 is 10.4 Å². The molecule has 1 heterocycles. The van der Waals surface area contributed by atoms with Crippen LogP contribution in [-0.4, -0.2) is 33.7 Å². The van der Waals surface area contributed by atoms with Crippen LogP contribution in [0.5, 0.6) is 5.75 Å². The van der Waals surface area contributed by atoms with Gasteiger partial charge in [-0.25, -0.2) is 5.43 Å². The Hall–Kier alpha value is -2.80. The number of nitrogens with one attached hydrogen (secondary N) is 2. The maximum atomic E-state index is 12.1. The topological polar surface area (TPSA) is 86.1 Å². The maximum absolute atomic E-state index is 12.1. The number of thioether (sulfide) groups is 1. The quantitative estimate of drug-likeness (QED) is 0.542. The first kappa shape index (κ1) is 19.0. The Morgan fingerprint density at radius 1 is 1.19 bits per heavy atom. The van der Waals surface area contributed by atoms with Crippen LogP contribution in [-0.2, 0) is 0 Å². The van der Waals surface area contributed by atoms with Crippen molar-refractivity contribution in [2.75, 3.05) is 11.9 Å². The molecular weight excluding hydrogens is 360 g/mol. The van der Waals surface area contributed by atoms with Crippen molar-refractivity contribution in [2.45, 2.75) is 25.5 Å². The summed E-state index contributed by atoms with van der Waals surface area (Å²) in [4.78, 5) is 16.6. The lowest BCUT2D eigenvalue weighted by molar-refractivity contribution is 0.0955. The lowest BCUT2D eigenvalue weighted by Gasteiger charge is -2.08. The van der Waals surface area contributed by atoms with Gasteiger partial charge in [-0.3, -0.25) is 9.79 Å². The molecule has 0 unspecified atom stereocenters. The second kappa shape index (κ2) is 8.73. The molecule has 1 aliphatic rings. The highest BCUT2D eigenvalue weighted by atomic mass is 32.2. The number of amides is 1. The predicted octanol–water partition coefficient (Wildman–Crippen LogP) is 3.84. The Balaban J connectivity index is 1.58. The molecule has 1 atom stereocenters. The van der Waals surface area contributed by atoms with Crippen LogP contribution in [0.15, 0.2) is 58.6 Å². The van der Waals surface area contributed by atoms with Gasteiger partial charge in [-0.2, -0.15) is 5.10 Å². The highest BCUT2D eigenvalue weighted by Crippen LogP contribution is 2.24. The van der Waals surface area contributed by atoms with Gasteiger partial charge in [0.15, 0.2) is 5.17 Å². The Morgan fingerprint density at radius 2 is 1.85 bits per heavy atom. The first-order chi connectivity index (χ1) is 13.0. The van der Waals surface area contributed by atoms with E-state index in [9.17, 15) is 9.90 Å². The molecule has 0 saturated carbocycles. The lowest BCUT2D eigenvalue weighted by atomic mass is 10.1. The average molecular weight is 382 g/mol. The van der Waals surface area contributed by atoms with E-state index in [-0.39, 0.29) is 11.7 Å². The summed E-state index contributed by atoms with van der Waals surface area (Å²) < 4.78 is 0. The largest absolute Gasteiger partial charge is 0.508 e. The number of carbonyl (C=O) groups is 1. The fraction of sp³-hybridized carbons (Fsp3) is 0.250. The molecule has 2 aromatic rings. The SMILES string of the molecule is CC[C@H]1CN=C(Nc2ccc(/C(C)=N\NC(=O)c3ccc(O)cc3)cc2)S1. The molecule has 1 aliphatic heterocycles. The third kappa shape index (κ3) is 5.10. The number of phenols is 1. The molecule has 0 fully saturated rings. The summed E-state index contributed by atoms with van der Waals surface area (Å²) in [5, 5.41) is 18.3. The Bertz CT molecular complexity index is 861. The second-order valence-electron chi connectivity index (χ2n) is 6.18. The number of rotatable bonds is 5. The Morgan fingerprint density at radius 3 is 2.48 bits per heavy atom. The highest BCUT2D eigenvalue weighted by molar-refractivity contribution is 8.15. The molecule has 6 nitrogen and oxygen atoms in total. The van der Waals surface area contributed by atoms with Gasteiger partial charge in [0.2, 0.25) is 0 Å². The summed E-state index contributed by atoms with van der Waals surface area (Å²) in [7, 11) is 0. The van der Waals surface area contributed by atoms with Gasteiger partial charge in [0.25, 0.3) is 5.91 Å². The van der Waals surface area contributed by atoms with Crippen LogP contribution < -0.4 is 10.7 Å². The van der Waals surface area contributed by atoms with Crippen molar-refractivity contribution in [3.8, 4) is 5.75 Å². The zero-order chi connectivity index (χ0) is 19.2. The number of phenolic OH excluding ortho intramolecular Hbond substituents is 1. The maximum Gasteiger partial charge on any atom is 0.271 e. The monoisotopic (exact) mass is 382 g/mol. The minimum atomic E-state index is -0.325. The van der Waals surface area contributed by atoms with Gasteiger partial charge in [0.1, 0.15) is 5.75 Å². The number of benzene rings is 2. The van der Waals surface area contributed by atoms with Gasteiger partial charge in [0.05, 0.1) is 12.3 Å². The van der Waals surface area contributed by atoms with Gasteiger partial charge in [-0.05, 0) is 55.3 Å². The third-order valence-electron chi connectivity index (χ3n) is 4.18. The molecule has 3 rings (SSSR count). The first-order valence-electron chi connectivity index (χ1n) is 8.77. The molecule has 0 bridgehead atoms. The number of amidine groups is 1. The molecule has 7 heteroatoms. The van der Waals surface area contributed by atoms with Crippen molar-refractivity contribution in [1.82, 2.24) is 5.43 Å². The van der Waals surface area contributed by atoms with Crippen LogP contribution in [0, 0.1) is 0 Å². The van der Waals surface area contributed by atoms with E-state index in [1.807, 2.05) is 31.2 Å². The van der Waals surface area contributed by atoms with E-state index in [2.05, 4.69) is 27.8 Å². The van der Waals surface area contributed by atoms with E-state index in [1.165, 1.54) is 12.1 Å². The van der Waals surface area contributed by atoms with E-state index in [0.717, 1.165) is 29.4 Å². The summed E-state index contributed by atoms with van der Waals surface area (Å²) in [5.74, 6) is -0.207. The van der Waals surface area contributed by atoms with Crippen LogP contribution in [0.1, 0.15) is 36.2 Å². The van der Waals surface area contributed by atoms with E-state index >= 15 is 0 Å². The van der Waals surface area contributed by atoms with Gasteiger partial charge in [-0.15, -0.1) is 0 Å². The zero-order valence-corrected chi connectivity index (χ0v) is 16.1. The number of nitrogens with zero attached hydrogens (tertiary/aromatic N) is 2. The molecule has 0 spiro atoms. The Labute approximate surface area is 162 Å². The number of aromatic hydroxyl groups is 1. The first-order valence-corrected chi connectivity index (χ1v) is 9.65. The third-order valence-corrected chi connectivity index (χ3v) is 5.45.